The normalized spacial score (nSPS) is 16.3. The second-order valence-electron chi connectivity index (χ2n) is 7.33. The van der Waals surface area contributed by atoms with Crippen molar-refractivity contribution in [1.82, 2.24) is 10.6 Å². The van der Waals surface area contributed by atoms with Crippen molar-refractivity contribution in [1.29, 1.82) is 0 Å². The molecule has 2 aromatic carbocycles. The van der Waals surface area contributed by atoms with E-state index in [0.29, 0.717) is 10.7 Å². The maximum atomic E-state index is 13.2. The topological polar surface area (TPSA) is 56.4 Å². The standard InChI is InChI=1S/C22H26N4OS/c1-13-6-11-18(14(2)12-13)24-21(27)19-15(3)23-22(28)25-20(19)16-7-9-17(10-8-16)26(4)5/h6-12,20H,1-5H3,(H,24,27)(H2,23,25,28)/t20-/m1/s1. The molecule has 6 heteroatoms. The van der Waals surface area contributed by atoms with Crippen LogP contribution in [0.3, 0.4) is 0 Å². The molecule has 0 aliphatic carbocycles. The number of anilines is 2. The van der Waals surface area contributed by atoms with Crippen LogP contribution in [0.25, 0.3) is 0 Å². The van der Waals surface area contributed by atoms with E-state index in [9.17, 15) is 4.79 Å². The van der Waals surface area contributed by atoms with Gasteiger partial charge >= 0.3 is 0 Å². The molecular formula is C22H26N4OS. The number of rotatable bonds is 4. The Balaban J connectivity index is 1.93. The molecule has 0 unspecified atom stereocenters. The third kappa shape index (κ3) is 4.17. The molecule has 0 aromatic heterocycles. The molecule has 0 spiro atoms. The Morgan fingerprint density at radius 1 is 1.07 bits per heavy atom. The van der Waals surface area contributed by atoms with Crippen molar-refractivity contribution < 1.29 is 4.79 Å². The molecule has 3 N–H and O–H groups in total. The third-order valence-corrected chi connectivity index (χ3v) is 5.11. The fraction of sp³-hybridized carbons (Fsp3) is 0.273. The summed E-state index contributed by atoms with van der Waals surface area (Å²) < 4.78 is 0. The minimum absolute atomic E-state index is 0.145. The number of aryl methyl sites for hydroxylation is 2. The number of carbonyl (C=O) groups is 1. The van der Waals surface area contributed by atoms with Crippen molar-refractivity contribution >= 4 is 34.6 Å². The lowest BCUT2D eigenvalue weighted by Crippen LogP contribution is -2.45. The van der Waals surface area contributed by atoms with Gasteiger partial charge in [0.25, 0.3) is 5.91 Å². The highest BCUT2D eigenvalue weighted by Crippen LogP contribution is 2.29. The fourth-order valence-electron chi connectivity index (χ4n) is 3.35. The zero-order valence-corrected chi connectivity index (χ0v) is 17.7. The van der Waals surface area contributed by atoms with Gasteiger partial charge in [-0.1, -0.05) is 29.8 Å². The van der Waals surface area contributed by atoms with Gasteiger partial charge in [0.2, 0.25) is 0 Å². The van der Waals surface area contributed by atoms with Crippen LogP contribution in [0.1, 0.15) is 29.7 Å². The lowest BCUT2D eigenvalue weighted by Gasteiger charge is -2.30. The summed E-state index contributed by atoms with van der Waals surface area (Å²) in [5.41, 5.74) is 6.48. The number of amides is 1. The number of carbonyl (C=O) groups excluding carboxylic acids is 1. The van der Waals surface area contributed by atoms with Crippen LogP contribution in [0.5, 0.6) is 0 Å². The summed E-state index contributed by atoms with van der Waals surface area (Å²) in [4.78, 5) is 15.2. The maximum Gasteiger partial charge on any atom is 0.255 e. The van der Waals surface area contributed by atoms with E-state index in [2.05, 4.69) is 22.0 Å². The summed E-state index contributed by atoms with van der Waals surface area (Å²) in [6.45, 7) is 5.91. The summed E-state index contributed by atoms with van der Waals surface area (Å²) in [5, 5.41) is 9.89. The molecule has 1 amide bonds. The number of allylic oxidation sites excluding steroid dienone is 1. The summed E-state index contributed by atoms with van der Waals surface area (Å²) in [7, 11) is 4.00. The van der Waals surface area contributed by atoms with Crippen molar-refractivity contribution in [2.75, 3.05) is 24.3 Å². The van der Waals surface area contributed by atoms with E-state index < -0.39 is 0 Å². The van der Waals surface area contributed by atoms with E-state index in [1.807, 2.05) is 76.2 Å². The van der Waals surface area contributed by atoms with E-state index >= 15 is 0 Å². The van der Waals surface area contributed by atoms with Crippen molar-refractivity contribution in [2.45, 2.75) is 26.8 Å². The van der Waals surface area contributed by atoms with Gasteiger partial charge in [-0.05, 0) is 62.3 Å². The van der Waals surface area contributed by atoms with Gasteiger partial charge in [0, 0.05) is 31.2 Å². The summed E-state index contributed by atoms with van der Waals surface area (Å²) in [6.07, 6.45) is 0. The number of benzene rings is 2. The molecule has 1 aliphatic rings. The molecule has 3 rings (SSSR count). The van der Waals surface area contributed by atoms with Crippen LogP contribution in [0.2, 0.25) is 0 Å². The van der Waals surface area contributed by atoms with Crippen molar-refractivity contribution in [3.8, 4) is 0 Å². The second kappa shape index (κ2) is 8.02. The smallest absolute Gasteiger partial charge is 0.255 e. The number of nitrogens with one attached hydrogen (secondary N) is 3. The molecule has 1 heterocycles. The van der Waals surface area contributed by atoms with Crippen molar-refractivity contribution in [3.05, 3.63) is 70.4 Å². The highest BCUT2D eigenvalue weighted by Gasteiger charge is 2.30. The fourth-order valence-corrected chi connectivity index (χ4v) is 3.62. The van der Waals surface area contributed by atoms with Crippen LogP contribution in [-0.4, -0.2) is 25.1 Å². The van der Waals surface area contributed by atoms with Crippen LogP contribution < -0.4 is 20.9 Å². The Hall–Kier alpha value is -2.86. The summed E-state index contributed by atoms with van der Waals surface area (Å²) >= 11 is 5.34. The molecule has 0 fully saturated rings. The first-order valence-corrected chi connectivity index (χ1v) is 9.61. The summed E-state index contributed by atoms with van der Waals surface area (Å²) in [5.74, 6) is -0.145. The molecule has 2 aromatic rings. The van der Waals surface area contributed by atoms with Gasteiger partial charge in [0.05, 0.1) is 11.6 Å². The first-order valence-electron chi connectivity index (χ1n) is 9.20. The minimum Gasteiger partial charge on any atom is -0.378 e. The minimum atomic E-state index is -0.310. The van der Waals surface area contributed by atoms with Gasteiger partial charge in [-0.15, -0.1) is 0 Å². The monoisotopic (exact) mass is 394 g/mol. The Bertz CT molecular complexity index is 948. The molecule has 0 saturated carbocycles. The molecule has 1 aliphatic heterocycles. The van der Waals surface area contributed by atoms with Crippen LogP contribution in [0.15, 0.2) is 53.7 Å². The van der Waals surface area contributed by atoms with E-state index in [1.54, 1.807) is 0 Å². The van der Waals surface area contributed by atoms with E-state index in [4.69, 9.17) is 12.2 Å². The zero-order chi connectivity index (χ0) is 20.4. The van der Waals surface area contributed by atoms with Gasteiger partial charge in [-0.3, -0.25) is 4.79 Å². The lowest BCUT2D eigenvalue weighted by atomic mass is 9.94. The SMILES string of the molecule is CC1=C(C(=O)Nc2ccc(C)cc2C)[C@@H](c2ccc(N(C)C)cc2)NC(=S)N1. The van der Waals surface area contributed by atoms with Crippen LogP contribution >= 0.6 is 12.2 Å². The molecule has 28 heavy (non-hydrogen) atoms. The molecule has 0 radical (unpaired) electrons. The second-order valence-corrected chi connectivity index (χ2v) is 7.74. The van der Waals surface area contributed by atoms with Gasteiger partial charge in [-0.2, -0.15) is 0 Å². The quantitative estimate of drug-likeness (QED) is 0.689. The maximum absolute atomic E-state index is 13.2. The van der Waals surface area contributed by atoms with E-state index in [0.717, 1.165) is 33.8 Å². The first-order chi connectivity index (χ1) is 13.3. The predicted octanol–water partition coefficient (Wildman–Crippen LogP) is 3.80. The Morgan fingerprint density at radius 3 is 2.36 bits per heavy atom. The molecule has 0 saturated heterocycles. The third-order valence-electron chi connectivity index (χ3n) is 4.89. The van der Waals surface area contributed by atoms with Crippen LogP contribution in [0.4, 0.5) is 11.4 Å². The number of hydrogen-bond acceptors (Lipinski definition) is 3. The first kappa shape index (κ1) is 19.9. The molecule has 0 bridgehead atoms. The van der Waals surface area contributed by atoms with Gasteiger partial charge in [0.15, 0.2) is 5.11 Å². The predicted molar refractivity (Wildman–Crippen MR) is 120 cm³/mol. The van der Waals surface area contributed by atoms with Gasteiger partial charge < -0.3 is 20.9 Å². The zero-order valence-electron chi connectivity index (χ0n) is 16.9. The number of thiocarbonyl (C=S) groups is 1. The van der Waals surface area contributed by atoms with E-state index in [-0.39, 0.29) is 11.9 Å². The Labute approximate surface area is 171 Å². The number of nitrogens with zero attached hydrogens (tertiary/aromatic N) is 1. The van der Waals surface area contributed by atoms with Crippen LogP contribution in [-0.2, 0) is 4.79 Å². The number of hydrogen-bond donors (Lipinski definition) is 3. The van der Waals surface area contributed by atoms with Crippen LogP contribution in [0, 0.1) is 13.8 Å². The van der Waals surface area contributed by atoms with E-state index in [1.165, 1.54) is 0 Å². The highest BCUT2D eigenvalue weighted by atomic mass is 32.1. The molecule has 5 nitrogen and oxygen atoms in total. The summed E-state index contributed by atoms with van der Waals surface area (Å²) in [6, 6.07) is 13.8. The largest absolute Gasteiger partial charge is 0.378 e. The Morgan fingerprint density at radius 2 is 1.75 bits per heavy atom. The van der Waals surface area contributed by atoms with Gasteiger partial charge in [0.1, 0.15) is 0 Å². The van der Waals surface area contributed by atoms with Crippen molar-refractivity contribution in [2.24, 2.45) is 0 Å². The van der Waals surface area contributed by atoms with Crippen molar-refractivity contribution in [3.63, 3.8) is 0 Å². The molecule has 146 valence electrons. The molecule has 1 atom stereocenters. The average Bonchev–Trinajstić information content (AvgIpc) is 2.63. The molecular weight excluding hydrogens is 368 g/mol. The van der Waals surface area contributed by atoms with Gasteiger partial charge in [-0.25, -0.2) is 0 Å². The lowest BCUT2D eigenvalue weighted by molar-refractivity contribution is -0.113. The average molecular weight is 395 g/mol. The highest BCUT2D eigenvalue weighted by molar-refractivity contribution is 7.80. The Kier molecular flexibility index (Phi) is 5.70.